The van der Waals surface area contributed by atoms with E-state index in [0.717, 1.165) is 5.56 Å². The number of hydrogen-bond donors (Lipinski definition) is 1. The van der Waals surface area contributed by atoms with Crippen LogP contribution >= 0.6 is 0 Å². The fourth-order valence-corrected chi connectivity index (χ4v) is 1.60. The third-order valence-corrected chi connectivity index (χ3v) is 2.25. The van der Waals surface area contributed by atoms with Crippen molar-refractivity contribution in [1.29, 1.82) is 0 Å². The molecule has 1 fully saturated rings. The van der Waals surface area contributed by atoms with E-state index in [-0.39, 0.29) is 24.2 Å². The molecular weight excluding hydrogens is 182 g/mol. The molecule has 0 spiro atoms. The molecule has 0 radical (unpaired) electrons. The molecule has 5 heteroatoms. The number of nitrogens with one attached hydrogen (secondary N) is 1. The van der Waals surface area contributed by atoms with Gasteiger partial charge in [-0.1, -0.05) is 0 Å². The Bertz CT molecular complexity index is 367. The van der Waals surface area contributed by atoms with Crippen LogP contribution in [0, 0.1) is 0 Å². The molecule has 0 bridgehead atoms. The van der Waals surface area contributed by atoms with Gasteiger partial charge in [0, 0.05) is 25.2 Å². The van der Waals surface area contributed by atoms with Crippen LogP contribution in [-0.2, 0) is 16.6 Å². The molecule has 0 unspecified atom stereocenters. The molecule has 1 N–H and O–H groups in total. The lowest BCUT2D eigenvalue weighted by Crippen LogP contribution is -2.36. The van der Waals surface area contributed by atoms with Crippen LogP contribution < -0.4 is 5.32 Å². The van der Waals surface area contributed by atoms with Crippen LogP contribution in [0.25, 0.3) is 0 Å². The van der Waals surface area contributed by atoms with Crippen LogP contribution in [0.4, 0.5) is 0 Å². The molecule has 5 nitrogen and oxygen atoms in total. The quantitative estimate of drug-likeness (QED) is 0.635. The smallest absolute Gasteiger partial charge is 0.227 e. The molecule has 2 rings (SSSR count). The first-order valence-corrected chi connectivity index (χ1v) is 4.45. The zero-order valence-electron chi connectivity index (χ0n) is 7.86. The van der Waals surface area contributed by atoms with Gasteiger partial charge in [-0.25, -0.2) is 0 Å². The zero-order chi connectivity index (χ0) is 10.1. The molecule has 0 saturated carbocycles. The molecule has 1 atom stereocenters. The number of amides is 1. The number of aryl methyl sites for hydroxylation is 1. The molecule has 1 aromatic rings. The van der Waals surface area contributed by atoms with Gasteiger partial charge in [0.25, 0.3) is 0 Å². The highest BCUT2D eigenvalue weighted by atomic mass is 16.2. The number of aromatic nitrogens is 2. The van der Waals surface area contributed by atoms with Gasteiger partial charge < -0.3 is 5.32 Å². The van der Waals surface area contributed by atoms with Crippen molar-refractivity contribution in [3.8, 4) is 0 Å². The predicted molar refractivity (Wildman–Crippen MR) is 48.3 cm³/mol. The third kappa shape index (κ3) is 1.66. The Labute approximate surface area is 81.1 Å². The largest absolute Gasteiger partial charge is 0.348 e. The van der Waals surface area contributed by atoms with Crippen molar-refractivity contribution in [2.24, 2.45) is 7.05 Å². The molecule has 1 saturated heterocycles. The van der Waals surface area contributed by atoms with E-state index < -0.39 is 0 Å². The van der Waals surface area contributed by atoms with Gasteiger partial charge in [0.15, 0.2) is 0 Å². The Morgan fingerprint density at radius 2 is 2.36 bits per heavy atom. The number of rotatable bonds is 1. The maximum atomic E-state index is 11.2. The SMILES string of the molecule is Cn1cc([C@@H]2CC(=O)CC(=O)N2)cn1. The number of ketones is 1. The van der Waals surface area contributed by atoms with Gasteiger partial charge >= 0.3 is 0 Å². The number of Topliss-reactive ketones (excluding diaryl/α,β-unsaturated/α-hetero) is 1. The summed E-state index contributed by atoms with van der Waals surface area (Å²) in [4.78, 5) is 22.3. The van der Waals surface area contributed by atoms with Crippen molar-refractivity contribution in [3.05, 3.63) is 18.0 Å². The van der Waals surface area contributed by atoms with E-state index in [1.165, 1.54) is 0 Å². The van der Waals surface area contributed by atoms with E-state index in [9.17, 15) is 9.59 Å². The van der Waals surface area contributed by atoms with Crippen LogP contribution in [0.15, 0.2) is 12.4 Å². The predicted octanol–water partition coefficient (Wildman–Crippen LogP) is -0.0597. The summed E-state index contributed by atoms with van der Waals surface area (Å²) in [5.41, 5.74) is 0.883. The van der Waals surface area contributed by atoms with Crippen molar-refractivity contribution in [3.63, 3.8) is 0 Å². The summed E-state index contributed by atoms with van der Waals surface area (Å²) >= 11 is 0. The summed E-state index contributed by atoms with van der Waals surface area (Å²) in [5.74, 6) is -0.210. The van der Waals surface area contributed by atoms with Gasteiger partial charge in [0.1, 0.15) is 5.78 Å². The summed E-state index contributed by atoms with van der Waals surface area (Å²) in [6.45, 7) is 0. The van der Waals surface area contributed by atoms with Crippen molar-refractivity contribution in [1.82, 2.24) is 15.1 Å². The minimum atomic E-state index is -0.199. The van der Waals surface area contributed by atoms with Crippen molar-refractivity contribution in [2.75, 3.05) is 0 Å². The number of carbonyl (C=O) groups is 2. The molecule has 2 heterocycles. The second-order valence-corrected chi connectivity index (χ2v) is 3.49. The van der Waals surface area contributed by atoms with Crippen LogP contribution in [0.5, 0.6) is 0 Å². The van der Waals surface area contributed by atoms with Gasteiger partial charge in [-0.3, -0.25) is 14.3 Å². The maximum absolute atomic E-state index is 11.2. The van der Waals surface area contributed by atoms with Gasteiger partial charge in [-0.05, 0) is 0 Å². The summed E-state index contributed by atoms with van der Waals surface area (Å²) in [6, 6.07) is -0.197. The highest BCUT2D eigenvalue weighted by Crippen LogP contribution is 2.20. The molecule has 1 amide bonds. The van der Waals surface area contributed by atoms with E-state index in [4.69, 9.17) is 0 Å². The Kier molecular flexibility index (Phi) is 2.07. The molecule has 0 aliphatic carbocycles. The first-order valence-electron chi connectivity index (χ1n) is 4.45. The van der Waals surface area contributed by atoms with Crippen molar-refractivity contribution in [2.45, 2.75) is 18.9 Å². The lowest BCUT2D eigenvalue weighted by Gasteiger charge is -2.20. The standard InChI is InChI=1S/C9H11N3O2/c1-12-5-6(4-10-12)8-2-7(13)3-9(14)11-8/h4-5,8H,2-3H2,1H3,(H,11,14)/t8-/m0/s1. The van der Waals surface area contributed by atoms with Gasteiger partial charge in [-0.15, -0.1) is 0 Å². The number of carbonyl (C=O) groups excluding carboxylic acids is 2. The minimum absolute atomic E-state index is 0.0107. The molecule has 14 heavy (non-hydrogen) atoms. The molecule has 1 aliphatic rings. The van der Waals surface area contributed by atoms with Gasteiger partial charge in [-0.2, -0.15) is 5.10 Å². The van der Waals surface area contributed by atoms with Crippen molar-refractivity contribution < 1.29 is 9.59 Å². The van der Waals surface area contributed by atoms with Crippen LogP contribution in [0.2, 0.25) is 0 Å². The second-order valence-electron chi connectivity index (χ2n) is 3.49. The first kappa shape index (κ1) is 8.93. The number of piperidine rings is 1. The summed E-state index contributed by atoms with van der Waals surface area (Å²) < 4.78 is 1.65. The molecular formula is C9H11N3O2. The average molecular weight is 193 g/mol. The number of hydrogen-bond acceptors (Lipinski definition) is 3. The Morgan fingerprint density at radius 3 is 2.93 bits per heavy atom. The van der Waals surface area contributed by atoms with E-state index in [0.29, 0.717) is 6.42 Å². The van der Waals surface area contributed by atoms with E-state index in [2.05, 4.69) is 10.4 Å². The second kappa shape index (κ2) is 3.25. The van der Waals surface area contributed by atoms with Crippen LogP contribution in [-0.4, -0.2) is 21.5 Å². The molecule has 1 aromatic heterocycles. The summed E-state index contributed by atoms with van der Waals surface area (Å²) in [6.07, 6.45) is 3.86. The van der Waals surface area contributed by atoms with E-state index in [1.807, 2.05) is 6.20 Å². The maximum Gasteiger partial charge on any atom is 0.227 e. The topological polar surface area (TPSA) is 64.0 Å². The average Bonchev–Trinajstić information content (AvgIpc) is 2.50. The lowest BCUT2D eigenvalue weighted by atomic mass is 9.99. The Hall–Kier alpha value is -1.65. The van der Waals surface area contributed by atoms with E-state index >= 15 is 0 Å². The monoisotopic (exact) mass is 193 g/mol. The highest BCUT2D eigenvalue weighted by Gasteiger charge is 2.26. The first-order chi connectivity index (χ1) is 6.65. The van der Waals surface area contributed by atoms with Crippen molar-refractivity contribution >= 4 is 11.7 Å². The molecule has 1 aliphatic heterocycles. The fourth-order valence-electron chi connectivity index (χ4n) is 1.60. The summed E-state index contributed by atoms with van der Waals surface area (Å²) in [5, 5.41) is 6.76. The Balaban J connectivity index is 2.18. The summed E-state index contributed by atoms with van der Waals surface area (Å²) in [7, 11) is 1.80. The highest BCUT2D eigenvalue weighted by molar-refractivity contribution is 6.00. The van der Waals surface area contributed by atoms with Crippen LogP contribution in [0.1, 0.15) is 24.4 Å². The lowest BCUT2D eigenvalue weighted by molar-refractivity contribution is -0.132. The number of nitrogens with zero attached hydrogens (tertiary/aromatic N) is 2. The van der Waals surface area contributed by atoms with E-state index in [1.54, 1.807) is 17.9 Å². The Morgan fingerprint density at radius 1 is 1.57 bits per heavy atom. The van der Waals surface area contributed by atoms with Gasteiger partial charge in [0.05, 0.1) is 18.7 Å². The molecule has 0 aromatic carbocycles. The van der Waals surface area contributed by atoms with Crippen LogP contribution in [0.3, 0.4) is 0 Å². The minimum Gasteiger partial charge on any atom is -0.348 e. The normalized spacial score (nSPS) is 22.2. The fraction of sp³-hybridized carbons (Fsp3) is 0.444. The third-order valence-electron chi connectivity index (χ3n) is 2.25. The zero-order valence-corrected chi connectivity index (χ0v) is 7.86. The van der Waals surface area contributed by atoms with Gasteiger partial charge in [0.2, 0.25) is 5.91 Å². The molecule has 74 valence electrons.